The zero-order valence-corrected chi connectivity index (χ0v) is 10.4. The molecule has 0 saturated heterocycles. The Morgan fingerprint density at radius 3 is 1.42 bits per heavy atom. The maximum absolute atomic E-state index is 2.33. The summed E-state index contributed by atoms with van der Waals surface area (Å²) in [7, 11) is 4.09. The van der Waals surface area contributed by atoms with Gasteiger partial charge >= 0.3 is 0 Å². The van der Waals surface area contributed by atoms with E-state index >= 15 is 0 Å². The Morgan fingerprint density at radius 2 is 1.17 bits per heavy atom. The molecule has 0 saturated carbocycles. The Hall–Kier alpha value is 0.700. The summed E-state index contributed by atoms with van der Waals surface area (Å²) in [5.74, 6) is 4.41. The lowest BCUT2D eigenvalue weighted by atomic mass is 10.2. The molecule has 0 aliphatic carbocycles. The van der Waals surface area contributed by atoms with Crippen molar-refractivity contribution in [1.82, 2.24) is 0 Å². The van der Waals surface area contributed by atoms with E-state index in [9.17, 15) is 0 Å². The molecule has 0 aromatic carbocycles. The maximum Gasteiger partial charge on any atom is 0.00625 e. The predicted molar refractivity (Wildman–Crippen MR) is 63.8 cm³/mol. The van der Waals surface area contributed by atoms with Gasteiger partial charge in [0.15, 0.2) is 0 Å². The van der Waals surface area contributed by atoms with E-state index in [-0.39, 0.29) is 0 Å². The van der Waals surface area contributed by atoms with Crippen LogP contribution in [0.25, 0.3) is 0 Å². The molecule has 0 amide bonds. The number of rotatable bonds is 7. The second kappa shape index (κ2) is 8.31. The number of hydrogen-bond donors (Lipinski definition) is 0. The fourth-order valence-electron chi connectivity index (χ4n) is 0.564. The van der Waals surface area contributed by atoms with E-state index in [1.165, 1.54) is 24.3 Å². The maximum atomic E-state index is 2.33. The van der Waals surface area contributed by atoms with Crippen molar-refractivity contribution in [3.05, 3.63) is 0 Å². The van der Waals surface area contributed by atoms with Crippen LogP contribution in [0.2, 0.25) is 0 Å². The summed E-state index contributed by atoms with van der Waals surface area (Å²) in [6, 6.07) is 0. The third kappa shape index (κ3) is 7.35. The van der Waals surface area contributed by atoms with Crippen LogP contribution in [0.1, 0.15) is 40.5 Å². The second-order valence-electron chi connectivity index (χ2n) is 3.60. The summed E-state index contributed by atoms with van der Waals surface area (Å²) in [4.78, 5) is 0. The van der Waals surface area contributed by atoms with E-state index in [0.29, 0.717) is 0 Å². The molecule has 0 aromatic rings. The fraction of sp³-hybridized carbons (Fsp3) is 1.00. The first-order valence-corrected chi connectivity index (χ1v) is 7.43. The zero-order chi connectivity index (χ0) is 9.40. The second-order valence-corrected chi connectivity index (χ2v) is 6.15. The molecule has 0 heterocycles. The lowest BCUT2D eigenvalue weighted by molar-refractivity contribution is 0.636. The molecule has 0 aliphatic heterocycles. The van der Waals surface area contributed by atoms with Crippen molar-refractivity contribution < 1.29 is 0 Å². The summed E-state index contributed by atoms with van der Waals surface area (Å²) < 4.78 is 0. The van der Waals surface area contributed by atoms with E-state index in [1.807, 2.05) is 21.6 Å². The van der Waals surface area contributed by atoms with E-state index in [4.69, 9.17) is 0 Å². The van der Waals surface area contributed by atoms with E-state index < -0.39 is 0 Å². The zero-order valence-electron chi connectivity index (χ0n) is 8.80. The molecule has 2 heteroatoms. The molecule has 0 nitrogen and oxygen atoms in total. The quantitative estimate of drug-likeness (QED) is 0.445. The van der Waals surface area contributed by atoms with Gasteiger partial charge in [0.05, 0.1) is 0 Å². The molecular formula is C10H22S2. The lowest BCUT2D eigenvalue weighted by Gasteiger charge is -2.09. The highest BCUT2D eigenvalue weighted by atomic mass is 33.1. The SMILES string of the molecule is CC[C@H](C)CSSC[C@@H](C)CC. The smallest absolute Gasteiger partial charge is 0.00625 e. The van der Waals surface area contributed by atoms with Crippen LogP contribution in [-0.4, -0.2) is 11.5 Å². The Balaban J connectivity index is 3.10. The highest BCUT2D eigenvalue weighted by Gasteiger charge is 2.01. The van der Waals surface area contributed by atoms with Gasteiger partial charge in [0.1, 0.15) is 0 Å². The predicted octanol–water partition coefficient (Wildman–Crippen LogP) is 4.46. The van der Waals surface area contributed by atoms with Gasteiger partial charge in [0.2, 0.25) is 0 Å². The van der Waals surface area contributed by atoms with Gasteiger partial charge in [-0.25, -0.2) is 0 Å². The Morgan fingerprint density at radius 1 is 0.833 bits per heavy atom. The van der Waals surface area contributed by atoms with Crippen LogP contribution in [0, 0.1) is 11.8 Å². The molecule has 0 bridgehead atoms. The first kappa shape index (κ1) is 12.7. The van der Waals surface area contributed by atoms with Gasteiger partial charge in [-0.05, 0) is 11.8 Å². The molecule has 0 fully saturated rings. The van der Waals surface area contributed by atoms with Crippen LogP contribution in [0.5, 0.6) is 0 Å². The van der Waals surface area contributed by atoms with Gasteiger partial charge < -0.3 is 0 Å². The van der Waals surface area contributed by atoms with E-state index in [0.717, 1.165) is 11.8 Å². The molecule has 12 heavy (non-hydrogen) atoms. The topological polar surface area (TPSA) is 0 Å². The van der Waals surface area contributed by atoms with Crippen molar-refractivity contribution >= 4 is 21.6 Å². The molecule has 0 N–H and O–H groups in total. The fourth-order valence-corrected chi connectivity index (χ4v) is 3.66. The van der Waals surface area contributed by atoms with Crippen molar-refractivity contribution in [2.24, 2.45) is 11.8 Å². The van der Waals surface area contributed by atoms with Crippen molar-refractivity contribution in [3.63, 3.8) is 0 Å². The Kier molecular flexibility index (Phi) is 8.79. The molecule has 0 aromatic heterocycles. The molecule has 0 rings (SSSR count). The van der Waals surface area contributed by atoms with Crippen molar-refractivity contribution in [3.8, 4) is 0 Å². The standard InChI is InChI=1S/C10H22S2/c1-5-9(3)7-11-12-8-10(4)6-2/h9-10H,5-8H2,1-4H3/t9-,10-/m0/s1. The highest BCUT2D eigenvalue weighted by molar-refractivity contribution is 8.76. The average Bonchev–Trinajstić information content (AvgIpc) is 2.11. The summed E-state index contributed by atoms with van der Waals surface area (Å²) in [5, 5.41) is 0. The van der Waals surface area contributed by atoms with Gasteiger partial charge in [0.25, 0.3) is 0 Å². The normalized spacial score (nSPS) is 16.0. The largest absolute Gasteiger partial charge is 0.0939 e. The van der Waals surface area contributed by atoms with E-state index in [2.05, 4.69) is 27.7 Å². The lowest BCUT2D eigenvalue weighted by Crippen LogP contribution is -1.96. The minimum Gasteiger partial charge on any atom is -0.0939 e. The minimum absolute atomic E-state index is 0.888. The van der Waals surface area contributed by atoms with Gasteiger partial charge in [-0.2, -0.15) is 0 Å². The van der Waals surface area contributed by atoms with Crippen LogP contribution in [-0.2, 0) is 0 Å². The summed E-state index contributed by atoms with van der Waals surface area (Å²) in [6.45, 7) is 9.20. The van der Waals surface area contributed by atoms with Crippen molar-refractivity contribution in [2.45, 2.75) is 40.5 Å². The molecule has 0 radical (unpaired) electrons. The first-order valence-electron chi connectivity index (χ1n) is 4.95. The highest BCUT2D eigenvalue weighted by Crippen LogP contribution is 2.27. The summed E-state index contributed by atoms with van der Waals surface area (Å²) in [5.41, 5.74) is 0. The van der Waals surface area contributed by atoms with Crippen molar-refractivity contribution in [1.29, 1.82) is 0 Å². The van der Waals surface area contributed by atoms with Crippen molar-refractivity contribution in [2.75, 3.05) is 11.5 Å². The molecule has 2 atom stereocenters. The Labute approximate surface area is 85.7 Å². The van der Waals surface area contributed by atoms with Crippen LogP contribution in [0.4, 0.5) is 0 Å². The molecule has 74 valence electrons. The third-order valence-electron chi connectivity index (χ3n) is 2.18. The third-order valence-corrected chi connectivity index (χ3v) is 5.08. The molecule has 0 spiro atoms. The first-order chi connectivity index (χ1) is 5.70. The van der Waals surface area contributed by atoms with Crippen LogP contribution in [0.3, 0.4) is 0 Å². The molecule has 0 aliphatic rings. The monoisotopic (exact) mass is 206 g/mol. The van der Waals surface area contributed by atoms with Gasteiger partial charge in [0, 0.05) is 11.5 Å². The van der Waals surface area contributed by atoms with Crippen LogP contribution in [0.15, 0.2) is 0 Å². The van der Waals surface area contributed by atoms with E-state index in [1.54, 1.807) is 0 Å². The van der Waals surface area contributed by atoms with Gasteiger partial charge in [-0.15, -0.1) is 0 Å². The number of hydrogen-bond acceptors (Lipinski definition) is 2. The van der Waals surface area contributed by atoms with Crippen LogP contribution >= 0.6 is 21.6 Å². The van der Waals surface area contributed by atoms with Gasteiger partial charge in [-0.1, -0.05) is 62.1 Å². The molecular weight excluding hydrogens is 184 g/mol. The minimum atomic E-state index is 0.888. The van der Waals surface area contributed by atoms with Gasteiger partial charge in [-0.3, -0.25) is 0 Å². The molecule has 0 unspecified atom stereocenters. The average molecular weight is 206 g/mol. The summed E-state index contributed by atoms with van der Waals surface area (Å²) >= 11 is 0. The summed E-state index contributed by atoms with van der Waals surface area (Å²) in [6.07, 6.45) is 2.63. The van der Waals surface area contributed by atoms with Crippen LogP contribution < -0.4 is 0 Å². The Bertz CT molecular complexity index is 81.8.